The molecule has 0 aliphatic carbocycles. The third kappa shape index (κ3) is 7.08. The van der Waals surface area contributed by atoms with Crippen molar-refractivity contribution in [1.29, 1.82) is 0 Å². The summed E-state index contributed by atoms with van der Waals surface area (Å²) in [5.74, 6) is -5.86. The Hall–Kier alpha value is -1.20. The van der Waals surface area contributed by atoms with Crippen LogP contribution in [0.1, 0.15) is 47.0 Å². The van der Waals surface area contributed by atoms with E-state index < -0.39 is 36.3 Å². The Morgan fingerprint density at radius 3 is 2.26 bits per heavy atom. The second-order valence-electron chi connectivity index (χ2n) is 4.70. The van der Waals surface area contributed by atoms with Crippen LogP contribution < -0.4 is 0 Å². The second kappa shape index (κ2) is 8.07. The third-order valence-corrected chi connectivity index (χ3v) is 2.46. The van der Waals surface area contributed by atoms with Crippen LogP contribution in [0.15, 0.2) is 0 Å². The molecule has 0 saturated carbocycles. The Balaban J connectivity index is 4.11. The molecule has 0 radical (unpaired) electrons. The zero-order valence-corrected chi connectivity index (χ0v) is 11.9. The first-order valence-corrected chi connectivity index (χ1v) is 6.46. The van der Waals surface area contributed by atoms with E-state index in [0.29, 0.717) is 0 Å². The average Bonchev–Trinajstić information content (AvgIpc) is 2.27. The summed E-state index contributed by atoms with van der Waals surface area (Å²) in [4.78, 5) is 22.4. The van der Waals surface area contributed by atoms with Gasteiger partial charge >= 0.3 is 17.9 Å². The molecule has 4 nitrogen and oxygen atoms in total. The summed E-state index contributed by atoms with van der Waals surface area (Å²) in [6.45, 7) is 6.58. The maximum atomic E-state index is 13.4. The summed E-state index contributed by atoms with van der Waals surface area (Å²) in [5.41, 5.74) is 0. The van der Waals surface area contributed by atoms with Crippen LogP contribution in [0.3, 0.4) is 0 Å². The minimum Gasteiger partial charge on any atom is -0.466 e. The summed E-state index contributed by atoms with van der Waals surface area (Å²) in [6, 6.07) is 0. The molecule has 0 aromatic rings. The molecule has 0 aromatic carbocycles. The van der Waals surface area contributed by atoms with Crippen molar-refractivity contribution in [3.05, 3.63) is 0 Å². The molecular formula is C13H22F2O4. The molecule has 112 valence electrons. The summed E-state index contributed by atoms with van der Waals surface area (Å²) in [5, 5.41) is 0. The first-order valence-electron chi connectivity index (χ1n) is 6.46. The zero-order valence-electron chi connectivity index (χ0n) is 11.9. The average molecular weight is 280 g/mol. The number of rotatable bonds is 8. The van der Waals surface area contributed by atoms with Crippen LogP contribution in [0.25, 0.3) is 0 Å². The van der Waals surface area contributed by atoms with Gasteiger partial charge in [-0.25, -0.2) is 4.79 Å². The van der Waals surface area contributed by atoms with Gasteiger partial charge in [0.05, 0.1) is 18.6 Å². The summed E-state index contributed by atoms with van der Waals surface area (Å²) in [7, 11) is 0. The van der Waals surface area contributed by atoms with E-state index in [1.165, 1.54) is 13.8 Å². The number of carbonyl (C=O) groups excluding carboxylic acids is 2. The molecule has 1 unspecified atom stereocenters. The van der Waals surface area contributed by atoms with E-state index in [1.54, 1.807) is 13.8 Å². The van der Waals surface area contributed by atoms with Gasteiger partial charge in [0, 0.05) is 6.42 Å². The van der Waals surface area contributed by atoms with Crippen LogP contribution in [0.5, 0.6) is 0 Å². The van der Waals surface area contributed by atoms with E-state index in [1.807, 2.05) is 0 Å². The first-order chi connectivity index (χ1) is 8.70. The Kier molecular flexibility index (Phi) is 7.56. The van der Waals surface area contributed by atoms with Crippen LogP contribution >= 0.6 is 0 Å². The molecule has 0 N–H and O–H groups in total. The van der Waals surface area contributed by atoms with E-state index in [4.69, 9.17) is 4.74 Å². The largest absolute Gasteiger partial charge is 0.466 e. The lowest BCUT2D eigenvalue weighted by Gasteiger charge is -2.17. The number of esters is 2. The molecule has 0 amide bonds. The van der Waals surface area contributed by atoms with Gasteiger partial charge in [-0.3, -0.25) is 4.79 Å². The van der Waals surface area contributed by atoms with Gasteiger partial charge in [-0.15, -0.1) is 0 Å². The zero-order chi connectivity index (χ0) is 15.1. The Labute approximate surface area is 112 Å². The maximum absolute atomic E-state index is 13.4. The fourth-order valence-electron chi connectivity index (χ4n) is 1.43. The summed E-state index contributed by atoms with van der Waals surface area (Å²) >= 11 is 0. The van der Waals surface area contributed by atoms with Crippen molar-refractivity contribution >= 4 is 11.9 Å². The van der Waals surface area contributed by atoms with Gasteiger partial charge in [0.25, 0.3) is 0 Å². The first kappa shape index (κ1) is 17.8. The number of halogens is 2. The molecule has 0 aromatic heterocycles. The number of carbonyl (C=O) groups is 2. The number of hydrogen-bond acceptors (Lipinski definition) is 4. The van der Waals surface area contributed by atoms with Gasteiger partial charge in [-0.1, -0.05) is 6.92 Å². The lowest BCUT2D eigenvalue weighted by molar-refractivity contribution is -0.177. The van der Waals surface area contributed by atoms with Crippen LogP contribution in [-0.2, 0) is 19.1 Å². The highest BCUT2D eigenvalue weighted by Gasteiger charge is 2.40. The molecule has 0 fully saturated rings. The highest BCUT2D eigenvalue weighted by molar-refractivity contribution is 5.77. The molecular weight excluding hydrogens is 258 g/mol. The highest BCUT2D eigenvalue weighted by atomic mass is 19.3. The van der Waals surface area contributed by atoms with Crippen molar-refractivity contribution in [2.45, 2.75) is 59.0 Å². The molecule has 0 rings (SSSR count). The lowest BCUT2D eigenvalue weighted by Crippen LogP contribution is -2.32. The number of alkyl halides is 2. The van der Waals surface area contributed by atoms with Crippen molar-refractivity contribution in [3.8, 4) is 0 Å². The van der Waals surface area contributed by atoms with Crippen molar-refractivity contribution < 1.29 is 27.8 Å². The monoisotopic (exact) mass is 280 g/mol. The lowest BCUT2D eigenvalue weighted by atomic mass is 10.0. The van der Waals surface area contributed by atoms with Gasteiger partial charge < -0.3 is 9.47 Å². The molecule has 19 heavy (non-hydrogen) atoms. The van der Waals surface area contributed by atoms with Crippen LogP contribution in [0.2, 0.25) is 0 Å². The van der Waals surface area contributed by atoms with E-state index in [-0.39, 0.29) is 19.4 Å². The van der Waals surface area contributed by atoms with Gasteiger partial charge in [-0.2, -0.15) is 8.78 Å². The topological polar surface area (TPSA) is 52.6 Å². The van der Waals surface area contributed by atoms with Crippen molar-refractivity contribution in [2.75, 3.05) is 6.61 Å². The fourth-order valence-corrected chi connectivity index (χ4v) is 1.43. The predicted molar refractivity (Wildman–Crippen MR) is 65.8 cm³/mol. The van der Waals surface area contributed by atoms with Gasteiger partial charge in [-0.05, 0) is 33.6 Å². The molecule has 1 atom stereocenters. The molecule has 0 spiro atoms. The van der Waals surface area contributed by atoms with E-state index in [0.717, 1.165) is 0 Å². The highest BCUT2D eigenvalue weighted by Crippen LogP contribution is 2.25. The van der Waals surface area contributed by atoms with Crippen LogP contribution in [0.4, 0.5) is 8.78 Å². The van der Waals surface area contributed by atoms with E-state index in [2.05, 4.69) is 4.74 Å². The van der Waals surface area contributed by atoms with Crippen molar-refractivity contribution in [1.82, 2.24) is 0 Å². The Bertz CT molecular complexity index is 303. The SMILES string of the molecule is CCOC(=O)C(C)CCCC(F)(F)C(=O)OC(C)C. The third-order valence-electron chi connectivity index (χ3n) is 2.46. The minimum absolute atomic E-state index is 0.0557. The molecule has 0 bridgehead atoms. The second-order valence-corrected chi connectivity index (χ2v) is 4.70. The van der Waals surface area contributed by atoms with Gasteiger partial charge in [0.2, 0.25) is 0 Å². The van der Waals surface area contributed by atoms with Gasteiger partial charge in [0.1, 0.15) is 0 Å². The Morgan fingerprint density at radius 1 is 1.21 bits per heavy atom. The van der Waals surface area contributed by atoms with Crippen LogP contribution in [-0.4, -0.2) is 30.6 Å². The molecule has 0 saturated heterocycles. The molecule has 6 heteroatoms. The summed E-state index contributed by atoms with van der Waals surface area (Å²) in [6.07, 6.45) is -0.886. The maximum Gasteiger partial charge on any atom is 0.377 e. The number of hydrogen-bond donors (Lipinski definition) is 0. The quantitative estimate of drug-likeness (QED) is 0.641. The predicted octanol–water partition coefficient (Wildman–Crippen LogP) is 2.94. The normalized spacial score (nSPS) is 13.2. The van der Waals surface area contributed by atoms with E-state index in [9.17, 15) is 18.4 Å². The molecule has 0 aliphatic rings. The van der Waals surface area contributed by atoms with Crippen LogP contribution in [0, 0.1) is 5.92 Å². The Morgan fingerprint density at radius 2 is 1.79 bits per heavy atom. The van der Waals surface area contributed by atoms with Crippen molar-refractivity contribution in [3.63, 3.8) is 0 Å². The fraction of sp³-hybridized carbons (Fsp3) is 0.846. The standard InChI is InChI=1S/C13H22F2O4/c1-5-18-11(16)10(4)7-6-8-13(14,15)12(17)19-9(2)3/h9-10H,5-8H2,1-4H3. The smallest absolute Gasteiger partial charge is 0.377 e. The van der Waals surface area contributed by atoms with Gasteiger partial charge in [0.15, 0.2) is 0 Å². The number of ether oxygens (including phenoxy) is 2. The minimum atomic E-state index is -3.50. The van der Waals surface area contributed by atoms with Crippen molar-refractivity contribution in [2.24, 2.45) is 5.92 Å². The molecule has 0 heterocycles. The summed E-state index contributed by atoms with van der Waals surface area (Å²) < 4.78 is 36.0. The van der Waals surface area contributed by atoms with E-state index >= 15 is 0 Å². The molecule has 0 aliphatic heterocycles.